The summed E-state index contributed by atoms with van der Waals surface area (Å²) in [5.41, 5.74) is 7.30. The van der Waals surface area contributed by atoms with Crippen LogP contribution in [0.3, 0.4) is 0 Å². The van der Waals surface area contributed by atoms with E-state index in [9.17, 15) is 0 Å². The van der Waals surface area contributed by atoms with Crippen molar-refractivity contribution >= 4 is 15.9 Å². The third-order valence-corrected chi connectivity index (χ3v) is 5.07. The standard InChI is InChI=1S/C16H25BrN2O/c1-3-19(11-12-5-4-6-12)16(10-18)14-9-13(20-2)7-8-15(14)17/h7-9,12,16H,3-6,10-11,18H2,1-2H3. The van der Waals surface area contributed by atoms with Crippen molar-refractivity contribution in [2.75, 3.05) is 26.7 Å². The summed E-state index contributed by atoms with van der Waals surface area (Å²) < 4.78 is 6.46. The molecule has 20 heavy (non-hydrogen) atoms. The second-order valence-electron chi connectivity index (χ2n) is 5.52. The van der Waals surface area contributed by atoms with Crippen molar-refractivity contribution in [3.8, 4) is 5.75 Å². The van der Waals surface area contributed by atoms with Gasteiger partial charge in [0.25, 0.3) is 0 Å². The van der Waals surface area contributed by atoms with Gasteiger partial charge in [0.15, 0.2) is 0 Å². The van der Waals surface area contributed by atoms with Crippen LogP contribution in [0, 0.1) is 5.92 Å². The molecule has 0 aromatic heterocycles. The van der Waals surface area contributed by atoms with Gasteiger partial charge in [-0.05, 0) is 49.1 Å². The van der Waals surface area contributed by atoms with Crippen LogP contribution in [0.1, 0.15) is 37.8 Å². The number of nitrogens with zero attached hydrogens (tertiary/aromatic N) is 1. The first-order valence-corrected chi connectivity index (χ1v) is 8.26. The molecular weight excluding hydrogens is 316 g/mol. The zero-order chi connectivity index (χ0) is 14.5. The summed E-state index contributed by atoms with van der Waals surface area (Å²) in [6, 6.07) is 6.38. The lowest BCUT2D eigenvalue weighted by molar-refractivity contribution is 0.141. The predicted molar refractivity (Wildman–Crippen MR) is 87.1 cm³/mol. The van der Waals surface area contributed by atoms with E-state index in [1.165, 1.54) is 24.8 Å². The van der Waals surface area contributed by atoms with Gasteiger partial charge in [-0.1, -0.05) is 29.3 Å². The lowest BCUT2D eigenvalue weighted by Crippen LogP contribution is -2.38. The Balaban J connectivity index is 2.19. The van der Waals surface area contributed by atoms with Crippen LogP contribution in [0.15, 0.2) is 22.7 Å². The molecule has 1 fully saturated rings. The minimum atomic E-state index is 0.255. The van der Waals surface area contributed by atoms with Crippen molar-refractivity contribution in [2.24, 2.45) is 11.7 Å². The van der Waals surface area contributed by atoms with E-state index >= 15 is 0 Å². The van der Waals surface area contributed by atoms with Gasteiger partial charge < -0.3 is 10.5 Å². The molecule has 1 unspecified atom stereocenters. The van der Waals surface area contributed by atoms with Gasteiger partial charge in [-0.2, -0.15) is 0 Å². The first-order chi connectivity index (χ1) is 9.69. The average molecular weight is 341 g/mol. The summed E-state index contributed by atoms with van der Waals surface area (Å²) in [6.45, 7) is 5.03. The van der Waals surface area contributed by atoms with Crippen LogP contribution in [0.2, 0.25) is 0 Å². The fourth-order valence-corrected chi connectivity index (χ4v) is 3.37. The maximum absolute atomic E-state index is 6.07. The Morgan fingerprint density at radius 3 is 2.70 bits per heavy atom. The van der Waals surface area contributed by atoms with Gasteiger partial charge in [0.2, 0.25) is 0 Å². The van der Waals surface area contributed by atoms with E-state index in [0.717, 1.165) is 29.2 Å². The zero-order valence-electron chi connectivity index (χ0n) is 12.4. The molecule has 2 rings (SSSR count). The van der Waals surface area contributed by atoms with Gasteiger partial charge in [0, 0.05) is 23.6 Å². The lowest BCUT2D eigenvalue weighted by Gasteiger charge is -2.37. The van der Waals surface area contributed by atoms with Crippen molar-refractivity contribution in [1.82, 2.24) is 4.90 Å². The summed E-state index contributed by atoms with van der Waals surface area (Å²) in [6.07, 6.45) is 4.12. The van der Waals surface area contributed by atoms with Gasteiger partial charge >= 0.3 is 0 Å². The number of halogens is 1. The van der Waals surface area contributed by atoms with Gasteiger partial charge in [-0.15, -0.1) is 0 Å². The Morgan fingerprint density at radius 1 is 1.45 bits per heavy atom. The monoisotopic (exact) mass is 340 g/mol. The Bertz CT molecular complexity index is 434. The molecule has 1 aliphatic rings. The highest BCUT2D eigenvalue weighted by molar-refractivity contribution is 9.10. The molecule has 3 nitrogen and oxygen atoms in total. The number of rotatable bonds is 7. The number of likely N-dealkylation sites (N-methyl/N-ethyl adjacent to an activating group) is 1. The SMILES string of the molecule is CCN(CC1CCC1)C(CN)c1cc(OC)ccc1Br. The normalized spacial score (nSPS) is 17.1. The van der Waals surface area contributed by atoms with E-state index in [0.29, 0.717) is 6.54 Å². The molecule has 0 radical (unpaired) electrons. The smallest absolute Gasteiger partial charge is 0.119 e. The molecule has 4 heteroatoms. The molecule has 1 aromatic carbocycles. The van der Waals surface area contributed by atoms with Crippen molar-refractivity contribution in [3.05, 3.63) is 28.2 Å². The molecule has 0 aliphatic heterocycles. The third-order valence-electron chi connectivity index (χ3n) is 4.35. The largest absolute Gasteiger partial charge is 0.497 e. The van der Waals surface area contributed by atoms with Crippen LogP contribution >= 0.6 is 15.9 Å². The third kappa shape index (κ3) is 3.54. The molecule has 0 heterocycles. The van der Waals surface area contributed by atoms with Crippen LogP contribution in [0.25, 0.3) is 0 Å². The van der Waals surface area contributed by atoms with E-state index in [-0.39, 0.29) is 6.04 Å². The molecule has 0 amide bonds. The topological polar surface area (TPSA) is 38.5 Å². The Labute approximate surface area is 130 Å². The first kappa shape index (κ1) is 15.8. The molecule has 0 saturated heterocycles. The summed E-state index contributed by atoms with van der Waals surface area (Å²) in [7, 11) is 1.70. The quantitative estimate of drug-likeness (QED) is 0.824. The maximum Gasteiger partial charge on any atom is 0.119 e. The van der Waals surface area contributed by atoms with Crippen molar-refractivity contribution in [1.29, 1.82) is 0 Å². The molecule has 1 saturated carbocycles. The molecule has 2 N–H and O–H groups in total. The molecule has 1 aliphatic carbocycles. The van der Waals surface area contributed by atoms with Gasteiger partial charge in [-0.3, -0.25) is 4.90 Å². The molecular formula is C16H25BrN2O. The highest BCUT2D eigenvalue weighted by Gasteiger charge is 2.26. The number of nitrogens with two attached hydrogens (primary N) is 1. The molecule has 112 valence electrons. The van der Waals surface area contributed by atoms with E-state index in [1.54, 1.807) is 7.11 Å². The molecule has 0 bridgehead atoms. The van der Waals surface area contributed by atoms with Gasteiger partial charge in [0.1, 0.15) is 5.75 Å². The molecule has 1 aromatic rings. The molecule has 0 spiro atoms. The Kier molecular flexibility index (Phi) is 5.87. The van der Waals surface area contributed by atoms with E-state index in [2.05, 4.69) is 33.8 Å². The van der Waals surface area contributed by atoms with Crippen LogP contribution in [0.4, 0.5) is 0 Å². The van der Waals surface area contributed by atoms with Gasteiger partial charge in [0.05, 0.1) is 7.11 Å². The zero-order valence-corrected chi connectivity index (χ0v) is 14.0. The van der Waals surface area contributed by atoms with Crippen LogP contribution in [-0.2, 0) is 0 Å². The number of methoxy groups -OCH3 is 1. The number of hydrogen-bond donors (Lipinski definition) is 1. The summed E-state index contributed by atoms with van der Waals surface area (Å²) in [5, 5.41) is 0. The fraction of sp³-hybridized carbons (Fsp3) is 0.625. The van der Waals surface area contributed by atoms with Crippen LogP contribution in [-0.4, -0.2) is 31.6 Å². The number of ether oxygens (including phenoxy) is 1. The Morgan fingerprint density at radius 2 is 2.20 bits per heavy atom. The average Bonchev–Trinajstić information content (AvgIpc) is 2.42. The second kappa shape index (κ2) is 7.43. The highest BCUT2D eigenvalue weighted by Crippen LogP contribution is 2.34. The Hall–Kier alpha value is -0.580. The number of benzene rings is 1. The first-order valence-electron chi connectivity index (χ1n) is 7.47. The maximum atomic E-state index is 6.07. The van der Waals surface area contributed by atoms with Crippen molar-refractivity contribution < 1.29 is 4.74 Å². The van der Waals surface area contributed by atoms with Crippen molar-refractivity contribution in [2.45, 2.75) is 32.2 Å². The van der Waals surface area contributed by atoms with E-state index in [1.807, 2.05) is 12.1 Å². The lowest BCUT2D eigenvalue weighted by atomic mass is 9.84. The fourth-order valence-electron chi connectivity index (χ4n) is 2.86. The van der Waals surface area contributed by atoms with E-state index in [4.69, 9.17) is 10.5 Å². The highest BCUT2D eigenvalue weighted by atomic mass is 79.9. The summed E-state index contributed by atoms with van der Waals surface area (Å²) in [5.74, 6) is 1.75. The van der Waals surface area contributed by atoms with E-state index < -0.39 is 0 Å². The summed E-state index contributed by atoms with van der Waals surface area (Å²) >= 11 is 3.66. The summed E-state index contributed by atoms with van der Waals surface area (Å²) in [4.78, 5) is 2.50. The van der Waals surface area contributed by atoms with Crippen LogP contribution in [0.5, 0.6) is 5.75 Å². The minimum Gasteiger partial charge on any atom is -0.497 e. The predicted octanol–water partition coefficient (Wildman–Crippen LogP) is 3.58. The van der Waals surface area contributed by atoms with Crippen molar-refractivity contribution in [3.63, 3.8) is 0 Å². The van der Waals surface area contributed by atoms with Crippen LogP contribution < -0.4 is 10.5 Å². The second-order valence-corrected chi connectivity index (χ2v) is 6.38. The van der Waals surface area contributed by atoms with Gasteiger partial charge in [-0.25, -0.2) is 0 Å². The molecule has 1 atom stereocenters. The minimum absolute atomic E-state index is 0.255. The number of hydrogen-bond acceptors (Lipinski definition) is 3.